The van der Waals surface area contributed by atoms with Gasteiger partial charge in [0.25, 0.3) is 0 Å². The van der Waals surface area contributed by atoms with E-state index in [1.807, 2.05) is 0 Å². The lowest BCUT2D eigenvalue weighted by Gasteiger charge is -2.30. The Morgan fingerprint density at radius 1 is 0.452 bits per heavy atom. The molecule has 1 aliphatic heterocycles. The van der Waals surface area contributed by atoms with Gasteiger partial charge in [0.2, 0.25) is 0 Å². The molecule has 1 N–H and O–H groups in total. The molecular weight excluding hydrogens is 510 g/mol. The molecule has 3 aliphatic rings. The number of fused-ring (bicyclic) bond motifs is 12. The Hall–Kier alpha value is -3.52. The van der Waals surface area contributed by atoms with Gasteiger partial charge in [0, 0.05) is 11.1 Å². The summed E-state index contributed by atoms with van der Waals surface area (Å²) >= 11 is 0. The van der Waals surface area contributed by atoms with Crippen LogP contribution in [0.2, 0.25) is 0 Å². The van der Waals surface area contributed by atoms with Crippen molar-refractivity contribution in [2.24, 2.45) is 0 Å². The zero-order chi connectivity index (χ0) is 28.8. The third-order valence-corrected chi connectivity index (χ3v) is 10.0. The Morgan fingerprint density at radius 2 is 0.833 bits per heavy atom. The van der Waals surface area contributed by atoms with Crippen LogP contribution < -0.4 is 10.1 Å². The molecule has 2 heteroatoms. The van der Waals surface area contributed by atoms with Crippen LogP contribution in [0.1, 0.15) is 92.4 Å². The molecule has 0 aromatic heterocycles. The molecule has 0 spiro atoms. The summed E-state index contributed by atoms with van der Waals surface area (Å²) in [4.78, 5) is 0. The summed E-state index contributed by atoms with van der Waals surface area (Å²) in [5, 5.41) is 3.92. The van der Waals surface area contributed by atoms with Gasteiger partial charge >= 0.3 is 0 Å². The lowest BCUT2D eigenvalue weighted by atomic mass is 9.88. The largest absolute Gasteiger partial charge is 0.452 e. The fraction of sp³-hybridized carbons (Fsp3) is 0.400. The topological polar surface area (TPSA) is 21.3 Å². The highest BCUT2D eigenvalue weighted by Gasteiger charge is 2.27. The van der Waals surface area contributed by atoms with Crippen LogP contribution in [0.25, 0.3) is 0 Å². The number of benzene rings is 4. The number of nitrogens with one attached hydrogen (secondary N) is 1. The quantitative estimate of drug-likeness (QED) is 0.205. The third-order valence-electron chi connectivity index (χ3n) is 10.0. The lowest BCUT2D eigenvalue weighted by molar-refractivity contribution is 0.464. The molecule has 0 amide bonds. The van der Waals surface area contributed by atoms with Crippen molar-refractivity contribution >= 4 is 11.4 Å². The minimum atomic E-state index is 1.05. The van der Waals surface area contributed by atoms with E-state index < -0.39 is 0 Å². The molecule has 0 unspecified atom stereocenters. The van der Waals surface area contributed by atoms with Crippen molar-refractivity contribution in [3.63, 3.8) is 0 Å². The molecule has 1 heterocycles. The first-order chi connectivity index (χ1) is 20.4. The summed E-state index contributed by atoms with van der Waals surface area (Å²) in [6.45, 7) is 9.16. The number of ether oxygens (including phenoxy) is 1. The summed E-state index contributed by atoms with van der Waals surface area (Å²) in [5.41, 5.74) is 19.7. The van der Waals surface area contributed by atoms with Crippen molar-refractivity contribution in [3.05, 3.63) is 115 Å². The van der Waals surface area contributed by atoms with E-state index >= 15 is 0 Å². The second-order valence-electron chi connectivity index (χ2n) is 13.3. The molecular formula is C40H45NO. The molecule has 2 nitrogen and oxygen atoms in total. The van der Waals surface area contributed by atoms with Crippen molar-refractivity contribution in [3.8, 4) is 11.5 Å². The van der Waals surface area contributed by atoms with E-state index in [2.05, 4.69) is 81.5 Å². The van der Waals surface area contributed by atoms with Gasteiger partial charge in [-0.05, 0) is 161 Å². The molecule has 0 saturated carbocycles. The van der Waals surface area contributed by atoms with E-state index in [9.17, 15) is 0 Å². The molecule has 8 bridgehead atoms. The first-order valence-electron chi connectivity index (χ1n) is 16.4. The number of anilines is 2. The van der Waals surface area contributed by atoms with Crippen molar-refractivity contribution < 1.29 is 4.74 Å². The van der Waals surface area contributed by atoms with Gasteiger partial charge in [-0.1, -0.05) is 47.5 Å². The Balaban J connectivity index is 1.24. The summed E-state index contributed by atoms with van der Waals surface area (Å²) in [6.07, 6.45) is 13.4. The molecule has 4 aromatic rings. The van der Waals surface area contributed by atoms with Gasteiger partial charge in [0.1, 0.15) is 0 Å². The Bertz CT molecular complexity index is 1550. The van der Waals surface area contributed by atoms with Gasteiger partial charge in [-0.15, -0.1) is 0 Å². The SMILES string of the molecule is Cc1cc2cc(c1)CCCc1c(C)c(cc3c1Oc1c(cc4c(C)c1CCCc1cc(C)cc(c1)CCC4)N3)CCC2. The molecule has 7 rings (SSSR count). The van der Waals surface area contributed by atoms with Crippen LogP contribution in [-0.4, -0.2) is 0 Å². The second kappa shape index (κ2) is 11.3. The minimum Gasteiger partial charge on any atom is -0.452 e. The van der Waals surface area contributed by atoms with Crippen LogP contribution in [0.5, 0.6) is 11.5 Å². The van der Waals surface area contributed by atoms with Crippen LogP contribution in [0.3, 0.4) is 0 Å². The average molecular weight is 556 g/mol. The summed E-state index contributed by atoms with van der Waals surface area (Å²) in [6, 6.07) is 19.2. The smallest absolute Gasteiger partial charge is 0.154 e. The van der Waals surface area contributed by atoms with E-state index in [-0.39, 0.29) is 0 Å². The van der Waals surface area contributed by atoms with Gasteiger partial charge in [-0.2, -0.15) is 0 Å². The first kappa shape index (κ1) is 27.3. The van der Waals surface area contributed by atoms with E-state index in [1.54, 1.807) is 0 Å². The Kier molecular flexibility index (Phi) is 7.34. The molecule has 4 aromatic carbocycles. The van der Waals surface area contributed by atoms with Gasteiger partial charge in [0.05, 0.1) is 11.4 Å². The fourth-order valence-corrected chi connectivity index (χ4v) is 7.91. The zero-order valence-corrected chi connectivity index (χ0v) is 26.0. The van der Waals surface area contributed by atoms with Gasteiger partial charge in [-0.3, -0.25) is 0 Å². The Morgan fingerprint density at radius 3 is 1.24 bits per heavy atom. The van der Waals surface area contributed by atoms with Gasteiger partial charge in [-0.25, -0.2) is 0 Å². The molecule has 0 atom stereocenters. The summed E-state index contributed by atoms with van der Waals surface area (Å²) < 4.78 is 7.07. The zero-order valence-electron chi connectivity index (χ0n) is 26.0. The number of hydrogen-bond acceptors (Lipinski definition) is 2. The van der Waals surface area contributed by atoms with Gasteiger partial charge in [0.15, 0.2) is 11.5 Å². The van der Waals surface area contributed by atoms with Crippen LogP contribution >= 0.6 is 0 Å². The fourth-order valence-electron chi connectivity index (χ4n) is 7.91. The Labute approximate surface area is 252 Å². The van der Waals surface area contributed by atoms with Crippen molar-refractivity contribution in [1.82, 2.24) is 0 Å². The van der Waals surface area contributed by atoms with Crippen LogP contribution in [-0.2, 0) is 51.4 Å². The van der Waals surface area contributed by atoms with Crippen LogP contribution in [0, 0.1) is 27.7 Å². The maximum Gasteiger partial charge on any atom is 0.154 e. The maximum atomic E-state index is 7.07. The highest BCUT2D eigenvalue weighted by molar-refractivity contribution is 5.81. The normalized spacial score (nSPS) is 16.3. The van der Waals surface area contributed by atoms with Gasteiger partial charge < -0.3 is 10.1 Å². The van der Waals surface area contributed by atoms with Crippen LogP contribution in [0.15, 0.2) is 48.5 Å². The number of aryl methyl sites for hydroxylation is 8. The second-order valence-corrected chi connectivity index (χ2v) is 13.3. The summed E-state index contributed by atoms with van der Waals surface area (Å²) in [7, 11) is 0. The molecule has 216 valence electrons. The molecule has 2 aliphatic carbocycles. The highest BCUT2D eigenvalue weighted by atomic mass is 16.5. The van der Waals surface area contributed by atoms with E-state index in [0.29, 0.717) is 0 Å². The van der Waals surface area contributed by atoms with Crippen molar-refractivity contribution in [2.45, 2.75) is 105 Å². The molecule has 0 radical (unpaired) electrons. The standard InChI is InChI=1S/C40H45NO/c1-25-17-29-9-5-13-33-23-37-39(35(27(33)3)15-7-11-31(19-25)21-29)42-40-36-16-8-12-32-20-26(2)18-30(22-32)10-6-14-34(28(36)4)24-38(40)41-37/h17-24,41H,5-16H2,1-4H3. The molecule has 42 heavy (non-hydrogen) atoms. The third kappa shape index (κ3) is 5.37. The number of rotatable bonds is 0. The molecule has 0 saturated heterocycles. The van der Waals surface area contributed by atoms with Crippen molar-refractivity contribution in [2.75, 3.05) is 5.32 Å². The maximum absolute atomic E-state index is 7.07. The highest BCUT2D eigenvalue weighted by Crippen LogP contribution is 2.49. The predicted molar refractivity (Wildman–Crippen MR) is 176 cm³/mol. The van der Waals surface area contributed by atoms with E-state index in [1.165, 1.54) is 79.6 Å². The number of hydrogen-bond donors (Lipinski definition) is 1. The van der Waals surface area contributed by atoms with Crippen molar-refractivity contribution in [1.29, 1.82) is 0 Å². The minimum absolute atomic E-state index is 1.05. The van der Waals surface area contributed by atoms with E-state index in [0.717, 1.165) is 87.1 Å². The lowest BCUT2D eigenvalue weighted by Crippen LogP contribution is -2.13. The first-order valence-corrected chi connectivity index (χ1v) is 16.4. The summed E-state index contributed by atoms with van der Waals surface area (Å²) in [5.74, 6) is 2.15. The predicted octanol–water partition coefficient (Wildman–Crippen LogP) is 10.1. The average Bonchev–Trinajstić information content (AvgIpc) is 2.94. The monoisotopic (exact) mass is 555 g/mol. The van der Waals surface area contributed by atoms with E-state index in [4.69, 9.17) is 4.74 Å². The molecule has 0 fully saturated rings. The van der Waals surface area contributed by atoms with Crippen LogP contribution in [0.4, 0.5) is 11.4 Å².